The molecule has 1 amide bonds. The van der Waals surface area contributed by atoms with Crippen molar-refractivity contribution in [2.24, 2.45) is 5.92 Å². The number of likely N-dealkylation sites (tertiary alicyclic amines) is 1. The van der Waals surface area contributed by atoms with Gasteiger partial charge in [0.1, 0.15) is 0 Å². The van der Waals surface area contributed by atoms with Gasteiger partial charge in [-0.1, -0.05) is 12.1 Å². The van der Waals surface area contributed by atoms with Crippen LogP contribution in [0.3, 0.4) is 0 Å². The molecule has 0 radical (unpaired) electrons. The fourth-order valence-electron chi connectivity index (χ4n) is 3.53. The molecule has 1 atom stereocenters. The summed E-state index contributed by atoms with van der Waals surface area (Å²) >= 11 is 0. The molecule has 0 unspecified atom stereocenters. The van der Waals surface area contributed by atoms with Crippen LogP contribution < -0.4 is 4.72 Å². The number of nitrogens with one attached hydrogen (secondary N) is 1. The highest BCUT2D eigenvalue weighted by Gasteiger charge is 2.26. The van der Waals surface area contributed by atoms with Crippen molar-refractivity contribution in [1.82, 2.24) is 9.62 Å². The third kappa shape index (κ3) is 7.12. The summed E-state index contributed by atoms with van der Waals surface area (Å²) in [5.41, 5.74) is 1.53. The van der Waals surface area contributed by atoms with Crippen molar-refractivity contribution in [2.45, 2.75) is 64.4 Å². The largest absolute Gasteiger partial charge is 0.463 e. The molecule has 1 aliphatic rings. The average molecular weight is 425 g/mol. The summed E-state index contributed by atoms with van der Waals surface area (Å²) < 4.78 is 32.8. The molecule has 1 N–H and O–H groups in total. The van der Waals surface area contributed by atoms with E-state index in [1.807, 2.05) is 26.8 Å². The lowest BCUT2D eigenvalue weighted by Crippen LogP contribution is -2.42. The van der Waals surface area contributed by atoms with Gasteiger partial charge in [-0.2, -0.15) is 0 Å². The quantitative estimate of drug-likeness (QED) is 0.648. The van der Waals surface area contributed by atoms with Gasteiger partial charge in [-0.15, -0.1) is 0 Å². The zero-order chi connectivity index (χ0) is 21.6. The van der Waals surface area contributed by atoms with E-state index >= 15 is 0 Å². The number of hydrogen-bond donors (Lipinski definition) is 1. The second-order valence-electron chi connectivity index (χ2n) is 8.01. The highest BCUT2D eigenvalue weighted by Crippen LogP contribution is 2.21. The number of benzene rings is 1. The molecule has 8 heteroatoms. The van der Waals surface area contributed by atoms with Crippen LogP contribution in [0.4, 0.5) is 0 Å². The van der Waals surface area contributed by atoms with Gasteiger partial charge in [0.15, 0.2) is 0 Å². The van der Waals surface area contributed by atoms with Crippen molar-refractivity contribution < 1.29 is 22.7 Å². The molecule has 0 bridgehead atoms. The predicted octanol–water partition coefficient (Wildman–Crippen LogP) is 2.55. The van der Waals surface area contributed by atoms with Gasteiger partial charge in [-0.3, -0.25) is 9.59 Å². The number of carbonyl (C=O) groups excluding carboxylic acids is 2. The third-order valence-corrected chi connectivity index (χ3v) is 6.56. The second kappa shape index (κ2) is 10.2. The third-order valence-electron chi connectivity index (χ3n) is 4.96. The molecule has 1 fully saturated rings. The number of hydrogen-bond acceptors (Lipinski definition) is 5. The number of esters is 1. The summed E-state index contributed by atoms with van der Waals surface area (Å²) in [5.74, 6) is -0.248. The van der Waals surface area contributed by atoms with E-state index in [-0.39, 0.29) is 41.8 Å². The van der Waals surface area contributed by atoms with Crippen molar-refractivity contribution in [3.05, 3.63) is 29.3 Å². The van der Waals surface area contributed by atoms with E-state index < -0.39 is 10.0 Å². The monoisotopic (exact) mass is 424 g/mol. The topological polar surface area (TPSA) is 92.8 Å². The Kier molecular flexibility index (Phi) is 8.22. The summed E-state index contributed by atoms with van der Waals surface area (Å²) in [4.78, 5) is 26.4. The minimum absolute atomic E-state index is 0.0467. The Balaban J connectivity index is 1.85. The first kappa shape index (κ1) is 23.3. The maximum absolute atomic E-state index is 12.5. The molecule has 1 aliphatic heterocycles. The molecular weight excluding hydrogens is 392 g/mol. The Morgan fingerprint density at radius 3 is 2.69 bits per heavy atom. The van der Waals surface area contributed by atoms with Gasteiger partial charge >= 0.3 is 5.97 Å². The van der Waals surface area contributed by atoms with Crippen LogP contribution in [0.5, 0.6) is 0 Å². The van der Waals surface area contributed by atoms with E-state index in [0.29, 0.717) is 25.1 Å². The molecule has 1 saturated heterocycles. The van der Waals surface area contributed by atoms with Gasteiger partial charge < -0.3 is 9.64 Å². The van der Waals surface area contributed by atoms with Crippen LogP contribution in [0, 0.1) is 19.8 Å². The number of aryl methyl sites for hydroxylation is 2. The van der Waals surface area contributed by atoms with E-state index in [1.165, 1.54) is 0 Å². The zero-order valence-electron chi connectivity index (χ0n) is 17.7. The lowest BCUT2D eigenvalue weighted by molar-refractivity contribution is -0.149. The molecule has 1 aromatic rings. The first-order valence-corrected chi connectivity index (χ1v) is 11.6. The van der Waals surface area contributed by atoms with E-state index in [4.69, 9.17) is 4.74 Å². The molecule has 7 nitrogen and oxygen atoms in total. The van der Waals surface area contributed by atoms with Crippen LogP contribution >= 0.6 is 0 Å². The van der Waals surface area contributed by atoms with E-state index in [0.717, 1.165) is 18.4 Å². The van der Waals surface area contributed by atoms with Crippen LogP contribution in [-0.2, 0) is 24.3 Å². The van der Waals surface area contributed by atoms with Crippen LogP contribution in [0.25, 0.3) is 0 Å². The molecule has 1 heterocycles. The average Bonchev–Trinajstić information content (AvgIpc) is 2.62. The molecular formula is C21H32N2O5S. The number of nitrogens with zero attached hydrogens (tertiary/aromatic N) is 1. The molecule has 162 valence electrons. The molecule has 0 spiro atoms. The van der Waals surface area contributed by atoms with Crippen LogP contribution in [0.15, 0.2) is 23.1 Å². The van der Waals surface area contributed by atoms with Crippen molar-refractivity contribution in [1.29, 1.82) is 0 Å². The number of ether oxygens (including phenoxy) is 1. The minimum Gasteiger partial charge on any atom is -0.463 e. The highest BCUT2D eigenvalue weighted by atomic mass is 32.2. The van der Waals surface area contributed by atoms with E-state index in [1.54, 1.807) is 24.0 Å². The van der Waals surface area contributed by atoms with Crippen molar-refractivity contribution in [3.8, 4) is 0 Å². The van der Waals surface area contributed by atoms with Gasteiger partial charge in [0.05, 0.1) is 17.4 Å². The Bertz CT molecular complexity index is 835. The predicted molar refractivity (Wildman–Crippen MR) is 111 cm³/mol. The maximum atomic E-state index is 12.5. The van der Waals surface area contributed by atoms with Crippen molar-refractivity contribution in [2.75, 3.05) is 19.6 Å². The fraction of sp³-hybridized carbons (Fsp3) is 0.619. The number of rotatable bonds is 8. The highest BCUT2D eigenvalue weighted by molar-refractivity contribution is 7.89. The number of amides is 1. The fourth-order valence-corrected chi connectivity index (χ4v) is 4.89. The smallest absolute Gasteiger partial charge is 0.306 e. The van der Waals surface area contributed by atoms with Gasteiger partial charge in [0, 0.05) is 26.1 Å². The van der Waals surface area contributed by atoms with E-state index in [2.05, 4.69) is 4.72 Å². The summed E-state index contributed by atoms with van der Waals surface area (Å²) in [6, 6.07) is 5.26. The first-order valence-electron chi connectivity index (χ1n) is 10.1. The van der Waals surface area contributed by atoms with E-state index in [9.17, 15) is 18.0 Å². The first-order chi connectivity index (χ1) is 13.6. The lowest BCUT2D eigenvalue weighted by Gasteiger charge is -2.32. The summed E-state index contributed by atoms with van der Waals surface area (Å²) in [5, 5.41) is 0. The van der Waals surface area contributed by atoms with Gasteiger partial charge in [0.25, 0.3) is 0 Å². The van der Waals surface area contributed by atoms with Crippen LogP contribution in [0.1, 0.15) is 50.7 Å². The molecule has 1 aromatic carbocycles. The van der Waals surface area contributed by atoms with Crippen molar-refractivity contribution >= 4 is 21.9 Å². The Morgan fingerprint density at radius 1 is 1.28 bits per heavy atom. The van der Waals surface area contributed by atoms with Crippen LogP contribution in [-0.4, -0.2) is 50.9 Å². The Labute approximate surface area is 173 Å². The van der Waals surface area contributed by atoms with Gasteiger partial charge in [-0.05, 0) is 63.6 Å². The molecule has 0 aromatic heterocycles. The summed E-state index contributed by atoms with van der Waals surface area (Å²) in [6.07, 6.45) is 1.97. The molecule has 0 saturated carbocycles. The number of carbonyl (C=O) groups is 2. The van der Waals surface area contributed by atoms with Crippen LogP contribution in [0.2, 0.25) is 0 Å². The summed E-state index contributed by atoms with van der Waals surface area (Å²) in [6.45, 7) is 8.41. The number of piperidine rings is 1. The molecule has 0 aliphatic carbocycles. The summed E-state index contributed by atoms with van der Waals surface area (Å²) in [7, 11) is -3.66. The Hall–Kier alpha value is -1.93. The molecule has 29 heavy (non-hydrogen) atoms. The van der Waals surface area contributed by atoms with Gasteiger partial charge in [0.2, 0.25) is 15.9 Å². The van der Waals surface area contributed by atoms with Crippen molar-refractivity contribution in [3.63, 3.8) is 0 Å². The van der Waals surface area contributed by atoms with Gasteiger partial charge in [-0.25, -0.2) is 13.1 Å². The standard InChI is InChI=1S/C21H32N2O5S/c1-15(2)28-21(25)13-18-6-5-11-23(14-18)20(24)9-10-22-29(26,27)19-12-16(3)7-8-17(19)4/h7-8,12,15,18,22H,5-6,9-11,13-14H2,1-4H3/t18-/m1/s1. The molecule has 2 rings (SSSR count). The zero-order valence-corrected chi connectivity index (χ0v) is 18.5. The number of sulfonamides is 1. The Morgan fingerprint density at radius 2 is 2.00 bits per heavy atom. The maximum Gasteiger partial charge on any atom is 0.306 e. The lowest BCUT2D eigenvalue weighted by atomic mass is 9.94. The SMILES string of the molecule is Cc1ccc(C)c(S(=O)(=O)NCCC(=O)N2CCC[C@H](CC(=O)OC(C)C)C2)c1. The second-order valence-corrected chi connectivity index (χ2v) is 9.74. The minimum atomic E-state index is -3.66. The normalized spacial score (nSPS) is 17.4.